The van der Waals surface area contributed by atoms with Crippen LogP contribution in [0.3, 0.4) is 0 Å². The second kappa shape index (κ2) is 3.67. The quantitative estimate of drug-likeness (QED) is 0.730. The van der Waals surface area contributed by atoms with E-state index in [1.54, 1.807) is 12.1 Å². The summed E-state index contributed by atoms with van der Waals surface area (Å²) in [7, 11) is 0. The zero-order valence-electron chi connectivity index (χ0n) is 8.10. The van der Waals surface area contributed by atoms with Crippen LogP contribution < -0.4 is 4.74 Å². The summed E-state index contributed by atoms with van der Waals surface area (Å²) in [5.74, 6) is 1.32. The van der Waals surface area contributed by atoms with Crippen molar-refractivity contribution in [3.63, 3.8) is 0 Å². The summed E-state index contributed by atoms with van der Waals surface area (Å²) in [4.78, 5) is 4.05. The molecule has 0 saturated heterocycles. The molecule has 0 aliphatic heterocycles. The van der Waals surface area contributed by atoms with Crippen molar-refractivity contribution in [2.75, 3.05) is 0 Å². The normalized spacial score (nSPS) is 17.1. The van der Waals surface area contributed by atoms with Crippen molar-refractivity contribution >= 4 is 0 Å². The van der Waals surface area contributed by atoms with Crippen molar-refractivity contribution in [1.29, 1.82) is 5.26 Å². The van der Waals surface area contributed by atoms with Crippen molar-refractivity contribution in [3.8, 4) is 11.9 Å². The zero-order chi connectivity index (χ0) is 9.97. The summed E-state index contributed by atoms with van der Waals surface area (Å²) < 4.78 is 5.62. The zero-order valence-corrected chi connectivity index (χ0v) is 8.10. The van der Waals surface area contributed by atoms with E-state index in [1.807, 2.05) is 6.07 Å². The minimum atomic E-state index is 0.246. The van der Waals surface area contributed by atoms with Gasteiger partial charge in [-0.2, -0.15) is 5.26 Å². The highest BCUT2D eigenvalue weighted by molar-refractivity contribution is 5.28. The van der Waals surface area contributed by atoms with Crippen LogP contribution in [-0.4, -0.2) is 11.1 Å². The highest BCUT2D eigenvalue weighted by atomic mass is 16.5. The Kier molecular flexibility index (Phi) is 2.36. The van der Waals surface area contributed by atoms with Gasteiger partial charge in [0.1, 0.15) is 12.2 Å². The molecule has 1 aliphatic carbocycles. The first-order chi connectivity index (χ1) is 6.79. The second-order valence-corrected chi connectivity index (χ2v) is 3.66. The van der Waals surface area contributed by atoms with E-state index < -0.39 is 0 Å². The van der Waals surface area contributed by atoms with Gasteiger partial charge in [0.2, 0.25) is 5.88 Å². The van der Waals surface area contributed by atoms with E-state index in [2.05, 4.69) is 11.9 Å². The largest absolute Gasteiger partial charge is 0.474 e. The van der Waals surface area contributed by atoms with Crippen LogP contribution in [0.15, 0.2) is 18.3 Å². The molecule has 0 radical (unpaired) electrons. The van der Waals surface area contributed by atoms with E-state index in [0.717, 1.165) is 0 Å². The average Bonchev–Trinajstić information content (AvgIpc) is 3.02. The molecule has 3 heteroatoms. The highest BCUT2D eigenvalue weighted by Gasteiger charge is 2.29. The molecule has 1 aromatic rings. The first-order valence-electron chi connectivity index (χ1n) is 4.82. The molecule has 0 spiro atoms. The van der Waals surface area contributed by atoms with Gasteiger partial charge < -0.3 is 4.74 Å². The number of nitrogens with zero attached hydrogens (tertiary/aromatic N) is 2. The molecule has 1 heterocycles. The average molecular weight is 188 g/mol. The molecule has 1 aromatic heterocycles. The standard InChI is InChI=1S/C11H12N2O/c1-8(10-3-4-10)14-11-5-2-9(6-12)7-13-11/h2,5,7-8,10H,3-4H2,1H3. The molecule has 72 valence electrons. The monoisotopic (exact) mass is 188 g/mol. The Labute approximate surface area is 83.3 Å². The molecular formula is C11H12N2O. The summed E-state index contributed by atoms with van der Waals surface area (Å²) in [5, 5.41) is 8.58. The summed E-state index contributed by atoms with van der Waals surface area (Å²) >= 11 is 0. The van der Waals surface area contributed by atoms with E-state index in [-0.39, 0.29) is 6.10 Å². The molecule has 1 aliphatic rings. The van der Waals surface area contributed by atoms with E-state index in [0.29, 0.717) is 17.4 Å². The predicted molar refractivity (Wildman–Crippen MR) is 51.8 cm³/mol. The summed E-state index contributed by atoms with van der Waals surface area (Å²) in [6, 6.07) is 5.50. The van der Waals surface area contributed by atoms with Crippen LogP contribution in [-0.2, 0) is 0 Å². The Morgan fingerprint density at radius 2 is 2.36 bits per heavy atom. The fourth-order valence-corrected chi connectivity index (χ4v) is 1.37. The van der Waals surface area contributed by atoms with Gasteiger partial charge in [-0.3, -0.25) is 0 Å². The molecule has 14 heavy (non-hydrogen) atoms. The van der Waals surface area contributed by atoms with E-state index in [1.165, 1.54) is 19.0 Å². The smallest absolute Gasteiger partial charge is 0.213 e. The van der Waals surface area contributed by atoms with E-state index in [4.69, 9.17) is 10.00 Å². The van der Waals surface area contributed by atoms with Gasteiger partial charge in [0, 0.05) is 12.3 Å². The molecular weight excluding hydrogens is 176 g/mol. The third-order valence-corrected chi connectivity index (χ3v) is 2.46. The molecule has 0 bridgehead atoms. The van der Waals surface area contributed by atoms with Crippen LogP contribution in [0.5, 0.6) is 5.88 Å². The van der Waals surface area contributed by atoms with Gasteiger partial charge in [0.15, 0.2) is 0 Å². The molecule has 1 unspecified atom stereocenters. The second-order valence-electron chi connectivity index (χ2n) is 3.66. The van der Waals surface area contributed by atoms with Gasteiger partial charge in [-0.25, -0.2) is 4.98 Å². The van der Waals surface area contributed by atoms with Crippen molar-refractivity contribution in [2.24, 2.45) is 5.92 Å². The van der Waals surface area contributed by atoms with Crippen molar-refractivity contribution in [1.82, 2.24) is 4.98 Å². The van der Waals surface area contributed by atoms with Crippen LogP contribution in [0.25, 0.3) is 0 Å². The van der Waals surface area contributed by atoms with Crippen LogP contribution >= 0.6 is 0 Å². The maximum absolute atomic E-state index is 8.58. The number of ether oxygens (including phenoxy) is 1. The molecule has 1 fully saturated rings. The number of nitriles is 1. The molecule has 1 atom stereocenters. The summed E-state index contributed by atoms with van der Waals surface area (Å²) in [5.41, 5.74) is 0.566. The van der Waals surface area contributed by atoms with Gasteiger partial charge in [-0.05, 0) is 31.7 Å². The first kappa shape index (κ1) is 9.01. The van der Waals surface area contributed by atoms with Crippen molar-refractivity contribution in [2.45, 2.75) is 25.9 Å². The molecule has 0 aromatic carbocycles. The minimum Gasteiger partial charge on any atom is -0.474 e. The maximum atomic E-state index is 8.58. The van der Waals surface area contributed by atoms with Crippen molar-refractivity contribution in [3.05, 3.63) is 23.9 Å². The maximum Gasteiger partial charge on any atom is 0.213 e. The van der Waals surface area contributed by atoms with Crippen LogP contribution in [0.4, 0.5) is 0 Å². The Balaban J connectivity index is 1.99. The Morgan fingerprint density at radius 1 is 1.57 bits per heavy atom. The van der Waals surface area contributed by atoms with E-state index >= 15 is 0 Å². The Morgan fingerprint density at radius 3 is 2.86 bits per heavy atom. The SMILES string of the molecule is CC(Oc1ccc(C#N)cn1)C1CC1. The topological polar surface area (TPSA) is 45.9 Å². The lowest BCUT2D eigenvalue weighted by atomic mass is 10.2. The third kappa shape index (κ3) is 2.02. The fraction of sp³-hybridized carbons (Fsp3) is 0.455. The molecule has 3 nitrogen and oxygen atoms in total. The minimum absolute atomic E-state index is 0.246. The predicted octanol–water partition coefficient (Wildman–Crippen LogP) is 2.13. The van der Waals surface area contributed by atoms with Gasteiger partial charge in [0.05, 0.1) is 5.56 Å². The van der Waals surface area contributed by atoms with Crippen LogP contribution in [0.2, 0.25) is 0 Å². The number of hydrogen-bond acceptors (Lipinski definition) is 3. The fourth-order valence-electron chi connectivity index (χ4n) is 1.37. The Bertz CT molecular complexity index is 349. The van der Waals surface area contributed by atoms with Gasteiger partial charge in [-0.15, -0.1) is 0 Å². The summed E-state index contributed by atoms with van der Waals surface area (Å²) in [6.07, 6.45) is 4.31. The number of pyridine rings is 1. The van der Waals surface area contributed by atoms with Gasteiger partial charge in [-0.1, -0.05) is 0 Å². The lowest BCUT2D eigenvalue weighted by molar-refractivity contribution is 0.190. The highest BCUT2D eigenvalue weighted by Crippen LogP contribution is 2.34. The van der Waals surface area contributed by atoms with Crippen LogP contribution in [0, 0.1) is 17.2 Å². The lowest BCUT2D eigenvalue weighted by Crippen LogP contribution is -2.14. The van der Waals surface area contributed by atoms with Gasteiger partial charge >= 0.3 is 0 Å². The molecule has 0 amide bonds. The number of rotatable bonds is 3. The third-order valence-electron chi connectivity index (χ3n) is 2.46. The first-order valence-corrected chi connectivity index (χ1v) is 4.82. The number of aromatic nitrogens is 1. The molecule has 2 rings (SSSR count). The van der Waals surface area contributed by atoms with Gasteiger partial charge in [0.25, 0.3) is 0 Å². The molecule has 1 saturated carbocycles. The molecule has 0 N–H and O–H groups in total. The van der Waals surface area contributed by atoms with Crippen molar-refractivity contribution < 1.29 is 4.74 Å². The van der Waals surface area contributed by atoms with Crippen LogP contribution in [0.1, 0.15) is 25.3 Å². The number of hydrogen-bond donors (Lipinski definition) is 0. The lowest BCUT2D eigenvalue weighted by Gasteiger charge is -2.12. The van der Waals surface area contributed by atoms with E-state index in [9.17, 15) is 0 Å². The summed E-state index contributed by atoms with van der Waals surface area (Å²) in [6.45, 7) is 2.07. The Hall–Kier alpha value is -1.56.